The summed E-state index contributed by atoms with van der Waals surface area (Å²) in [6.07, 6.45) is 1.37. The molecule has 2 aromatic rings. The van der Waals surface area contributed by atoms with Gasteiger partial charge in [0.25, 0.3) is 5.91 Å². The van der Waals surface area contributed by atoms with Crippen LogP contribution in [0.2, 0.25) is 5.02 Å². The number of nitrogens with two attached hydrogens (primary N) is 1. The summed E-state index contributed by atoms with van der Waals surface area (Å²) in [5.41, 5.74) is 6.99. The first-order valence-corrected chi connectivity index (χ1v) is 5.23. The van der Waals surface area contributed by atoms with Crippen LogP contribution in [-0.2, 0) is 0 Å². The number of halogens is 2. The van der Waals surface area contributed by atoms with Crippen LogP contribution < -0.4 is 11.1 Å². The van der Waals surface area contributed by atoms with E-state index in [1.54, 1.807) is 25.1 Å². The van der Waals surface area contributed by atoms with Gasteiger partial charge in [-0.25, -0.2) is 0 Å². The number of nitrogen functional groups attached to an aromatic ring is 1. The molecule has 0 bridgehead atoms. The molecule has 0 aliphatic heterocycles. The van der Waals surface area contributed by atoms with E-state index in [0.717, 1.165) is 0 Å². The highest BCUT2D eigenvalue weighted by molar-refractivity contribution is 6.33. The van der Waals surface area contributed by atoms with Crippen LogP contribution in [0.4, 0.5) is 11.4 Å². The lowest BCUT2D eigenvalue weighted by atomic mass is 10.2. The third kappa shape index (κ3) is 2.94. The van der Waals surface area contributed by atoms with Gasteiger partial charge in [0.05, 0.1) is 16.9 Å². The number of aryl methyl sites for hydroxylation is 1. The van der Waals surface area contributed by atoms with Gasteiger partial charge < -0.3 is 15.6 Å². The number of nitrogens with zero attached hydrogens (tertiary/aromatic N) is 1. The topological polar surface area (TPSA) is 81.2 Å². The third-order valence-electron chi connectivity index (χ3n) is 2.25. The smallest absolute Gasteiger partial charge is 0.260 e. The second kappa shape index (κ2) is 5.75. The molecule has 0 aliphatic carbocycles. The van der Waals surface area contributed by atoms with Gasteiger partial charge in [0.15, 0.2) is 0 Å². The maximum Gasteiger partial charge on any atom is 0.260 e. The van der Waals surface area contributed by atoms with Gasteiger partial charge in [-0.2, -0.15) is 0 Å². The van der Waals surface area contributed by atoms with E-state index in [9.17, 15) is 4.79 Å². The Morgan fingerprint density at radius 2 is 2.22 bits per heavy atom. The summed E-state index contributed by atoms with van der Waals surface area (Å²) >= 11 is 5.78. The molecule has 1 aromatic heterocycles. The zero-order valence-corrected chi connectivity index (χ0v) is 11.0. The lowest BCUT2D eigenvalue weighted by Crippen LogP contribution is -2.12. The van der Waals surface area contributed by atoms with Crippen LogP contribution in [0.15, 0.2) is 28.9 Å². The lowest BCUT2D eigenvalue weighted by molar-refractivity contribution is 0.102. The number of nitrogens with one attached hydrogen (secondary N) is 1. The minimum atomic E-state index is -0.300. The van der Waals surface area contributed by atoms with Gasteiger partial charge in [0.2, 0.25) is 0 Å². The molecule has 1 heterocycles. The fraction of sp³-hybridized carbons (Fsp3) is 0.0909. The molecule has 0 spiro atoms. The number of carbonyl (C=O) groups is 1. The second-order valence-electron chi connectivity index (χ2n) is 3.49. The predicted molar refractivity (Wildman–Crippen MR) is 72.3 cm³/mol. The molecule has 0 saturated heterocycles. The van der Waals surface area contributed by atoms with Gasteiger partial charge in [0.1, 0.15) is 11.3 Å². The zero-order valence-electron chi connectivity index (χ0n) is 9.44. The van der Waals surface area contributed by atoms with Crippen molar-refractivity contribution in [2.75, 3.05) is 11.1 Å². The Kier molecular flexibility index (Phi) is 4.58. The molecule has 0 radical (unpaired) electrons. The molecule has 0 fully saturated rings. The SMILES string of the molecule is Cc1oncc1C(=O)Nc1ccc(Cl)c(N)c1.Cl. The highest BCUT2D eigenvalue weighted by Gasteiger charge is 2.13. The van der Waals surface area contributed by atoms with Crippen molar-refractivity contribution in [3.8, 4) is 0 Å². The largest absolute Gasteiger partial charge is 0.397 e. The molecule has 7 heteroatoms. The van der Waals surface area contributed by atoms with Crippen LogP contribution in [0.3, 0.4) is 0 Å². The molecular weight excluding hydrogens is 277 g/mol. The summed E-state index contributed by atoms with van der Waals surface area (Å²) in [6.45, 7) is 1.66. The fourth-order valence-corrected chi connectivity index (χ4v) is 1.45. The van der Waals surface area contributed by atoms with Gasteiger partial charge >= 0.3 is 0 Å². The quantitative estimate of drug-likeness (QED) is 0.832. The summed E-state index contributed by atoms with van der Waals surface area (Å²) in [5, 5.41) is 6.66. The van der Waals surface area contributed by atoms with E-state index in [1.807, 2.05) is 0 Å². The van der Waals surface area contributed by atoms with Gasteiger partial charge in [0, 0.05) is 5.69 Å². The van der Waals surface area contributed by atoms with Crippen molar-refractivity contribution in [3.05, 3.63) is 40.7 Å². The minimum absolute atomic E-state index is 0. The molecule has 0 saturated carbocycles. The van der Waals surface area contributed by atoms with E-state index >= 15 is 0 Å². The molecule has 0 unspecified atom stereocenters. The van der Waals surface area contributed by atoms with Crippen LogP contribution in [0.25, 0.3) is 0 Å². The summed E-state index contributed by atoms with van der Waals surface area (Å²) < 4.78 is 4.81. The van der Waals surface area contributed by atoms with Gasteiger partial charge in [-0.3, -0.25) is 4.79 Å². The Bertz CT molecular complexity index is 569. The van der Waals surface area contributed by atoms with Crippen molar-refractivity contribution in [1.29, 1.82) is 0 Å². The van der Waals surface area contributed by atoms with Crippen LogP contribution in [0.1, 0.15) is 16.1 Å². The van der Waals surface area contributed by atoms with Crippen molar-refractivity contribution < 1.29 is 9.32 Å². The normalized spacial score (nSPS) is 9.67. The number of amides is 1. The van der Waals surface area contributed by atoms with E-state index in [0.29, 0.717) is 27.7 Å². The van der Waals surface area contributed by atoms with Crippen LogP contribution >= 0.6 is 24.0 Å². The summed E-state index contributed by atoms with van der Waals surface area (Å²) in [7, 11) is 0. The van der Waals surface area contributed by atoms with Gasteiger partial charge in [-0.1, -0.05) is 16.8 Å². The Balaban J connectivity index is 0.00000162. The summed E-state index contributed by atoms with van der Waals surface area (Å²) in [5.74, 6) is 0.162. The second-order valence-corrected chi connectivity index (χ2v) is 3.89. The summed E-state index contributed by atoms with van der Waals surface area (Å²) in [6, 6.07) is 4.87. The number of rotatable bonds is 2. The van der Waals surface area contributed by atoms with Crippen molar-refractivity contribution in [2.45, 2.75) is 6.92 Å². The molecule has 18 heavy (non-hydrogen) atoms. The van der Waals surface area contributed by atoms with E-state index < -0.39 is 0 Å². The highest BCUT2D eigenvalue weighted by Crippen LogP contribution is 2.22. The number of hydrogen-bond donors (Lipinski definition) is 2. The predicted octanol–water partition coefficient (Wildman–Crippen LogP) is 2.89. The standard InChI is InChI=1S/C11H10ClN3O2.ClH/c1-6-8(5-14-17-6)11(16)15-7-2-3-9(12)10(13)4-7;/h2-5H,13H2,1H3,(H,15,16);1H. The van der Waals surface area contributed by atoms with Crippen LogP contribution in [0, 0.1) is 6.92 Å². The third-order valence-corrected chi connectivity index (χ3v) is 2.59. The average Bonchev–Trinajstić information content (AvgIpc) is 2.70. The molecule has 0 aliphatic rings. The molecule has 3 N–H and O–H groups in total. The Hall–Kier alpha value is -1.72. The number of aromatic nitrogens is 1. The van der Waals surface area contributed by atoms with Crippen LogP contribution in [-0.4, -0.2) is 11.1 Å². The van der Waals surface area contributed by atoms with E-state index in [2.05, 4.69) is 10.5 Å². The van der Waals surface area contributed by atoms with Gasteiger partial charge in [-0.15, -0.1) is 12.4 Å². The molecule has 0 atom stereocenters. The monoisotopic (exact) mass is 287 g/mol. The molecule has 1 amide bonds. The number of anilines is 2. The van der Waals surface area contributed by atoms with E-state index in [1.165, 1.54) is 6.20 Å². The average molecular weight is 288 g/mol. The Labute approximate surface area is 115 Å². The highest BCUT2D eigenvalue weighted by atomic mass is 35.5. The maximum atomic E-state index is 11.8. The summed E-state index contributed by atoms with van der Waals surface area (Å²) in [4.78, 5) is 11.8. The first kappa shape index (κ1) is 14.3. The number of benzene rings is 1. The van der Waals surface area contributed by atoms with Gasteiger partial charge in [-0.05, 0) is 25.1 Å². The Morgan fingerprint density at radius 1 is 1.50 bits per heavy atom. The maximum absolute atomic E-state index is 11.8. The Morgan fingerprint density at radius 3 is 2.78 bits per heavy atom. The molecule has 1 aromatic carbocycles. The number of hydrogen-bond acceptors (Lipinski definition) is 4. The lowest BCUT2D eigenvalue weighted by Gasteiger charge is -2.05. The van der Waals surface area contributed by atoms with Crippen molar-refractivity contribution in [1.82, 2.24) is 5.16 Å². The van der Waals surface area contributed by atoms with Crippen molar-refractivity contribution in [3.63, 3.8) is 0 Å². The first-order chi connectivity index (χ1) is 8.08. The minimum Gasteiger partial charge on any atom is -0.397 e. The molecule has 2 rings (SSSR count). The van der Waals surface area contributed by atoms with E-state index in [4.69, 9.17) is 21.9 Å². The van der Waals surface area contributed by atoms with Crippen molar-refractivity contribution >= 4 is 41.3 Å². The van der Waals surface area contributed by atoms with E-state index in [-0.39, 0.29) is 18.3 Å². The van der Waals surface area contributed by atoms with Crippen molar-refractivity contribution in [2.24, 2.45) is 0 Å². The molecule has 5 nitrogen and oxygen atoms in total. The molecule has 96 valence electrons. The number of carbonyl (C=O) groups excluding carboxylic acids is 1. The zero-order chi connectivity index (χ0) is 12.4. The first-order valence-electron chi connectivity index (χ1n) is 4.85. The van der Waals surface area contributed by atoms with Crippen LogP contribution in [0.5, 0.6) is 0 Å². The fourth-order valence-electron chi connectivity index (χ4n) is 1.34. The molecular formula is C11H11Cl2N3O2.